The molecule has 0 bridgehead atoms. The van der Waals surface area contributed by atoms with Gasteiger partial charge in [-0.15, -0.1) is 18.9 Å². The first-order chi connectivity index (χ1) is 9.19. The van der Waals surface area contributed by atoms with Crippen molar-refractivity contribution in [1.82, 2.24) is 0 Å². The number of hydrogen-bond donors (Lipinski definition) is 0. The van der Waals surface area contributed by atoms with Crippen molar-refractivity contribution in [3.8, 4) is 18.4 Å². The minimum atomic E-state index is -1.85. The molecule has 0 rings (SSSR count). The second-order valence-electron chi connectivity index (χ2n) is 6.81. The summed E-state index contributed by atoms with van der Waals surface area (Å²) >= 11 is 0. The summed E-state index contributed by atoms with van der Waals surface area (Å²) in [6, 6.07) is 2.22. The Labute approximate surface area is 126 Å². The molecule has 0 spiro atoms. The van der Waals surface area contributed by atoms with Crippen LogP contribution in [0.15, 0.2) is 12.7 Å². The lowest BCUT2D eigenvalue weighted by Crippen LogP contribution is -2.45. The van der Waals surface area contributed by atoms with Crippen LogP contribution in [0.2, 0.25) is 18.1 Å². The normalized spacial score (nSPS) is 14.9. The number of hydrogen-bond acceptors (Lipinski definition) is 2. The van der Waals surface area contributed by atoms with Gasteiger partial charge in [0.1, 0.15) is 0 Å². The van der Waals surface area contributed by atoms with Gasteiger partial charge >= 0.3 is 0 Å². The zero-order valence-corrected chi connectivity index (χ0v) is 14.7. The molecule has 112 valence electrons. The van der Waals surface area contributed by atoms with Crippen LogP contribution in [0.25, 0.3) is 0 Å². The van der Waals surface area contributed by atoms with Crippen molar-refractivity contribution in [2.75, 3.05) is 0 Å². The molecule has 0 heterocycles. The minimum absolute atomic E-state index is 0.0345. The Morgan fingerprint density at radius 3 is 2.40 bits per heavy atom. The van der Waals surface area contributed by atoms with Gasteiger partial charge in [0, 0.05) is 12.8 Å². The van der Waals surface area contributed by atoms with Crippen molar-refractivity contribution in [1.29, 1.82) is 5.26 Å². The summed E-state index contributed by atoms with van der Waals surface area (Å²) < 4.78 is 6.49. The van der Waals surface area contributed by atoms with E-state index in [0.29, 0.717) is 12.8 Å². The molecule has 0 radical (unpaired) electrons. The van der Waals surface area contributed by atoms with Gasteiger partial charge in [-0.3, -0.25) is 0 Å². The van der Waals surface area contributed by atoms with Crippen molar-refractivity contribution in [3.63, 3.8) is 0 Å². The zero-order chi connectivity index (χ0) is 15.8. The molecule has 2 nitrogen and oxygen atoms in total. The second kappa shape index (κ2) is 8.30. The molecule has 2 atom stereocenters. The third kappa shape index (κ3) is 5.95. The van der Waals surface area contributed by atoms with Gasteiger partial charge in [-0.2, -0.15) is 5.26 Å². The molecule has 0 saturated carbocycles. The van der Waals surface area contributed by atoms with Crippen LogP contribution in [-0.4, -0.2) is 14.4 Å². The smallest absolute Gasteiger partial charge is 0.192 e. The summed E-state index contributed by atoms with van der Waals surface area (Å²) in [7, 11) is -1.85. The van der Waals surface area contributed by atoms with Gasteiger partial charge in [-0.05, 0) is 36.9 Å². The molecule has 0 aromatic carbocycles. The van der Waals surface area contributed by atoms with Gasteiger partial charge in [0.25, 0.3) is 0 Å². The average Bonchev–Trinajstić information content (AvgIpc) is 2.32. The first kappa shape index (κ1) is 19.0. The minimum Gasteiger partial charge on any atom is -0.413 e. The van der Waals surface area contributed by atoms with E-state index in [1.165, 1.54) is 0 Å². The van der Waals surface area contributed by atoms with Crippen LogP contribution in [0.5, 0.6) is 0 Å². The zero-order valence-electron chi connectivity index (χ0n) is 13.7. The van der Waals surface area contributed by atoms with Crippen molar-refractivity contribution in [2.45, 2.75) is 70.7 Å². The van der Waals surface area contributed by atoms with Gasteiger partial charge < -0.3 is 4.43 Å². The van der Waals surface area contributed by atoms with Gasteiger partial charge in [-0.1, -0.05) is 26.8 Å². The van der Waals surface area contributed by atoms with Crippen LogP contribution in [-0.2, 0) is 4.43 Å². The molecule has 0 amide bonds. The van der Waals surface area contributed by atoms with Crippen LogP contribution >= 0.6 is 0 Å². The van der Waals surface area contributed by atoms with E-state index in [0.717, 1.165) is 12.8 Å². The fraction of sp³-hybridized carbons (Fsp3) is 0.706. The summed E-state index contributed by atoms with van der Waals surface area (Å²) in [6.07, 6.45) is 10.3. The Morgan fingerprint density at radius 2 is 2.00 bits per heavy atom. The molecule has 3 heteroatoms. The van der Waals surface area contributed by atoms with Gasteiger partial charge in [-0.25, -0.2) is 0 Å². The third-order valence-corrected chi connectivity index (χ3v) is 8.70. The molecule has 0 aliphatic heterocycles. The Balaban J connectivity index is 5.05. The molecule has 0 fully saturated rings. The van der Waals surface area contributed by atoms with E-state index in [4.69, 9.17) is 16.1 Å². The number of nitrogens with zero attached hydrogens (tertiary/aromatic N) is 1. The van der Waals surface area contributed by atoms with E-state index in [2.05, 4.69) is 52.4 Å². The van der Waals surface area contributed by atoms with E-state index < -0.39 is 8.32 Å². The first-order valence-electron chi connectivity index (χ1n) is 7.28. The van der Waals surface area contributed by atoms with Gasteiger partial charge in [0.2, 0.25) is 0 Å². The molecule has 0 saturated heterocycles. The van der Waals surface area contributed by atoms with Crippen LogP contribution < -0.4 is 0 Å². The lowest BCUT2D eigenvalue weighted by molar-refractivity contribution is 0.118. The predicted molar refractivity (Wildman–Crippen MR) is 88.7 cm³/mol. The maximum absolute atomic E-state index is 8.81. The number of nitriles is 1. The highest BCUT2D eigenvalue weighted by Gasteiger charge is 2.40. The van der Waals surface area contributed by atoms with E-state index in [1.807, 2.05) is 6.08 Å². The summed E-state index contributed by atoms with van der Waals surface area (Å²) in [5.41, 5.74) is 0. The maximum Gasteiger partial charge on any atom is 0.192 e. The topological polar surface area (TPSA) is 33.0 Å². The summed E-state index contributed by atoms with van der Waals surface area (Å²) in [5.74, 6) is 3.03. The fourth-order valence-electron chi connectivity index (χ4n) is 1.90. The summed E-state index contributed by atoms with van der Waals surface area (Å²) in [5, 5.41) is 8.97. The monoisotopic (exact) mass is 291 g/mol. The molecule has 0 N–H and O–H groups in total. The highest BCUT2D eigenvalue weighted by Crippen LogP contribution is 2.39. The SMILES string of the molecule is C#CC[C@@H](O[Si](C)(C)C(C)(C)C)[C@@H](CC=C)CCC#N. The predicted octanol–water partition coefficient (Wildman–Crippen LogP) is 4.90. The summed E-state index contributed by atoms with van der Waals surface area (Å²) in [4.78, 5) is 0. The standard InChI is InChI=1S/C17H29NOSi/c1-8-11-15(13-10-14-18)16(12-9-2)19-20(6,7)17(3,4)5/h2,8,15-16H,1,10-13H2,3-7H3/t15-,16+/m0/s1. The van der Waals surface area contributed by atoms with Crippen LogP contribution in [0.4, 0.5) is 0 Å². The average molecular weight is 292 g/mol. The highest BCUT2D eigenvalue weighted by atomic mass is 28.4. The van der Waals surface area contributed by atoms with E-state index in [-0.39, 0.29) is 17.1 Å². The molecule has 0 aromatic rings. The Bertz CT molecular complexity index is 381. The van der Waals surface area contributed by atoms with Crippen LogP contribution in [0.3, 0.4) is 0 Å². The molecule has 0 aromatic heterocycles. The molecular formula is C17H29NOSi. The van der Waals surface area contributed by atoms with Crippen LogP contribution in [0, 0.1) is 29.6 Å². The van der Waals surface area contributed by atoms with E-state index in [1.54, 1.807) is 0 Å². The lowest BCUT2D eigenvalue weighted by atomic mass is 9.92. The quantitative estimate of drug-likeness (QED) is 0.362. The fourth-order valence-corrected chi connectivity index (χ4v) is 3.28. The summed E-state index contributed by atoms with van der Waals surface area (Å²) in [6.45, 7) is 15.0. The Morgan fingerprint density at radius 1 is 1.40 bits per heavy atom. The lowest BCUT2D eigenvalue weighted by Gasteiger charge is -2.41. The number of terminal acetylenes is 1. The van der Waals surface area contributed by atoms with Gasteiger partial charge in [0.15, 0.2) is 8.32 Å². The molecular weight excluding hydrogens is 262 g/mol. The number of rotatable bonds is 8. The Hall–Kier alpha value is -1.03. The van der Waals surface area contributed by atoms with Gasteiger partial charge in [0.05, 0.1) is 12.2 Å². The third-order valence-electron chi connectivity index (χ3n) is 4.19. The molecule has 20 heavy (non-hydrogen) atoms. The van der Waals surface area contributed by atoms with Crippen molar-refractivity contribution >= 4 is 8.32 Å². The van der Waals surface area contributed by atoms with Crippen molar-refractivity contribution in [3.05, 3.63) is 12.7 Å². The van der Waals surface area contributed by atoms with E-state index in [9.17, 15) is 0 Å². The first-order valence-corrected chi connectivity index (χ1v) is 10.2. The molecule has 0 unspecified atom stereocenters. The maximum atomic E-state index is 8.81. The van der Waals surface area contributed by atoms with Crippen LogP contribution in [0.1, 0.15) is 46.5 Å². The second-order valence-corrected chi connectivity index (χ2v) is 11.6. The van der Waals surface area contributed by atoms with Crippen molar-refractivity contribution < 1.29 is 4.43 Å². The largest absolute Gasteiger partial charge is 0.413 e. The van der Waals surface area contributed by atoms with Crippen molar-refractivity contribution in [2.24, 2.45) is 5.92 Å². The highest BCUT2D eigenvalue weighted by molar-refractivity contribution is 6.74. The molecule has 0 aliphatic carbocycles. The number of allylic oxidation sites excluding steroid dienone is 1. The van der Waals surface area contributed by atoms with E-state index >= 15 is 0 Å². The molecule has 0 aliphatic rings. The Kier molecular flexibility index (Phi) is 7.87.